The molecule has 12 nitrogen and oxygen atoms in total. The van der Waals surface area contributed by atoms with E-state index in [2.05, 4.69) is 5.32 Å². The van der Waals surface area contributed by atoms with Gasteiger partial charge >= 0.3 is 11.9 Å². The number of nitrogens with one attached hydrogen (secondary N) is 1. The van der Waals surface area contributed by atoms with Crippen LogP contribution >= 0.6 is 11.6 Å². The number of para-hydroxylation sites is 1. The van der Waals surface area contributed by atoms with Gasteiger partial charge in [-0.05, 0) is 38.8 Å². The number of aliphatic carboxylic acids is 2. The van der Waals surface area contributed by atoms with Crippen LogP contribution in [0.5, 0.6) is 0 Å². The summed E-state index contributed by atoms with van der Waals surface area (Å²) >= 11 is 6.32. The Labute approximate surface area is 252 Å². The first-order chi connectivity index (χ1) is 19.4. The van der Waals surface area contributed by atoms with Crippen LogP contribution in [0.1, 0.15) is 47.5 Å². The quantitative estimate of drug-likeness (QED) is 0.179. The maximum Gasteiger partial charge on any atom is 0.328 e. The van der Waals surface area contributed by atoms with E-state index < -0.39 is 29.5 Å². The number of nitrogens with two attached hydrogens (primary N) is 1. The molecular weight excluding hydrogens is 568 g/mol. The zero-order chi connectivity index (χ0) is 32.3. The molecule has 42 heavy (non-hydrogen) atoms. The van der Waals surface area contributed by atoms with Gasteiger partial charge in [0.25, 0.3) is 0 Å². The molecule has 1 aliphatic heterocycles. The predicted molar refractivity (Wildman–Crippen MR) is 160 cm³/mol. The minimum Gasteiger partial charge on any atom is -0.478 e. The lowest BCUT2D eigenvalue weighted by molar-refractivity contribution is -0.134. The number of piperazine rings is 1. The van der Waals surface area contributed by atoms with E-state index in [1.54, 1.807) is 11.0 Å². The van der Waals surface area contributed by atoms with Gasteiger partial charge in [-0.1, -0.05) is 44.5 Å². The summed E-state index contributed by atoms with van der Waals surface area (Å²) in [4.78, 5) is 48.3. The number of halogens is 1. The molecule has 0 aliphatic carbocycles. The molecule has 7 N–H and O–H groups in total. The van der Waals surface area contributed by atoms with Crippen molar-refractivity contribution >= 4 is 41.0 Å². The fourth-order valence-corrected chi connectivity index (χ4v) is 4.45. The third-order valence-corrected chi connectivity index (χ3v) is 7.34. The molecule has 1 aliphatic rings. The molecule has 0 saturated carbocycles. The molecule has 236 valence electrons. The maximum atomic E-state index is 12.9. The standard InChI is InChI=1S/C25H41ClN4O4.C4H4O4/c1-6-17(23(34)28-14-24(2,3)16-31)11-21(32)19(27)12-29-13-22(33)30(15-25(29,4)5)20-10-8-7-9-18(20)26;5-3(6)1-2-4(7)8/h7-10,17,19,21,31-32H,6,11-16,27H2,1-5H3,(H,28,34);1-2H,(H,5,6)(H,7,8)/b;2-1+/t17-,19+,21+;/m1./s1. The minimum absolute atomic E-state index is 0.0319. The number of carboxylic acids is 2. The number of aliphatic hydroxyl groups excluding tert-OH is 2. The van der Waals surface area contributed by atoms with Crippen molar-refractivity contribution in [2.45, 2.75) is 65.1 Å². The lowest BCUT2D eigenvalue weighted by Gasteiger charge is -2.47. The number of benzene rings is 1. The van der Waals surface area contributed by atoms with Crippen LogP contribution in [0.25, 0.3) is 0 Å². The summed E-state index contributed by atoms with van der Waals surface area (Å²) in [5, 5.41) is 39.2. The van der Waals surface area contributed by atoms with Gasteiger partial charge < -0.3 is 36.4 Å². The number of anilines is 1. The summed E-state index contributed by atoms with van der Waals surface area (Å²) < 4.78 is 0. The number of carbonyl (C=O) groups is 4. The Kier molecular flexibility index (Phi) is 14.6. The highest BCUT2D eigenvalue weighted by atomic mass is 35.5. The molecule has 3 atom stereocenters. The molecular formula is C29H45ClN4O8. The number of carbonyl (C=O) groups excluding carboxylic acids is 2. The van der Waals surface area contributed by atoms with Crippen molar-refractivity contribution in [3.05, 3.63) is 41.4 Å². The first-order valence-corrected chi connectivity index (χ1v) is 14.1. The fraction of sp³-hybridized carbons (Fsp3) is 0.586. The summed E-state index contributed by atoms with van der Waals surface area (Å²) in [6, 6.07) is 6.66. The van der Waals surface area contributed by atoms with Gasteiger partial charge in [-0.25, -0.2) is 9.59 Å². The first kappa shape index (κ1) is 37.0. The van der Waals surface area contributed by atoms with Crippen molar-refractivity contribution < 1.29 is 39.6 Å². The molecule has 0 spiro atoms. The van der Waals surface area contributed by atoms with Crippen LogP contribution in [0.15, 0.2) is 36.4 Å². The first-order valence-electron chi connectivity index (χ1n) is 13.7. The average molecular weight is 613 g/mol. The van der Waals surface area contributed by atoms with Gasteiger partial charge in [-0.15, -0.1) is 0 Å². The van der Waals surface area contributed by atoms with Crippen LogP contribution < -0.4 is 16.0 Å². The largest absolute Gasteiger partial charge is 0.478 e. The number of rotatable bonds is 13. The van der Waals surface area contributed by atoms with Gasteiger partial charge in [0, 0.05) is 61.3 Å². The molecule has 2 amide bonds. The van der Waals surface area contributed by atoms with E-state index in [0.29, 0.717) is 48.9 Å². The van der Waals surface area contributed by atoms with Gasteiger partial charge in [0.2, 0.25) is 11.8 Å². The summed E-state index contributed by atoms with van der Waals surface area (Å²) in [6.45, 7) is 11.0. The molecule has 0 aromatic heterocycles. The molecule has 13 heteroatoms. The van der Waals surface area contributed by atoms with Gasteiger partial charge in [0.1, 0.15) is 0 Å². The monoisotopic (exact) mass is 612 g/mol. The van der Waals surface area contributed by atoms with E-state index in [0.717, 1.165) is 0 Å². The summed E-state index contributed by atoms with van der Waals surface area (Å²) in [5.41, 5.74) is 6.24. The number of hydrogen-bond donors (Lipinski definition) is 6. The summed E-state index contributed by atoms with van der Waals surface area (Å²) in [5.74, 6) is -3.13. The minimum atomic E-state index is -1.26. The van der Waals surface area contributed by atoms with Crippen LogP contribution in [0.3, 0.4) is 0 Å². The molecule has 1 aromatic rings. The average Bonchev–Trinajstić information content (AvgIpc) is 2.91. The van der Waals surface area contributed by atoms with Crippen molar-refractivity contribution in [1.82, 2.24) is 10.2 Å². The Hall–Kier alpha value is -3.03. The molecule has 0 unspecified atom stereocenters. The second-order valence-corrected chi connectivity index (χ2v) is 12.2. The van der Waals surface area contributed by atoms with Crippen molar-refractivity contribution in [3.63, 3.8) is 0 Å². The third kappa shape index (κ3) is 12.1. The normalized spacial score (nSPS) is 17.6. The van der Waals surface area contributed by atoms with Gasteiger partial charge in [0.05, 0.1) is 23.4 Å². The number of aliphatic hydroxyl groups is 2. The Bertz CT molecular complexity index is 1090. The number of nitrogens with zero attached hydrogens (tertiary/aromatic N) is 2. The molecule has 1 aromatic carbocycles. The van der Waals surface area contributed by atoms with E-state index in [-0.39, 0.29) is 42.8 Å². The second kappa shape index (κ2) is 16.6. The fourth-order valence-electron chi connectivity index (χ4n) is 4.21. The van der Waals surface area contributed by atoms with Gasteiger partial charge in [-0.3, -0.25) is 14.5 Å². The molecule has 0 radical (unpaired) electrons. The van der Waals surface area contributed by atoms with Crippen LogP contribution in [-0.4, -0.2) is 99.5 Å². The molecule has 1 saturated heterocycles. The lowest BCUT2D eigenvalue weighted by atomic mass is 9.91. The Morgan fingerprint density at radius 1 is 1.17 bits per heavy atom. The third-order valence-electron chi connectivity index (χ3n) is 7.02. The molecule has 1 heterocycles. The van der Waals surface area contributed by atoms with Crippen LogP contribution in [-0.2, 0) is 19.2 Å². The topological polar surface area (TPSA) is 194 Å². The van der Waals surface area contributed by atoms with Crippen molar-refractivity contribution in [2.24, 2.45) is 17.1 Å². The molecule has 1 fully saturated rings. The second-order valence-electron chi connectivity index (χ2n) is 11.7. The van der Waals surface area contributed by atoms with Crippen LogP contribution in [0.2, 0.25) is 5.02 Å². The van der Waals surface area contributed by atoms with Crippen molar-refractivity contribution in [3.8, 4) is 0 Å². The van der Waals surface area contributed by atoms with Crippen molar-refractivity contribution in [1.29, 1.82) is 0 Å². The molecule has 0 bridgehead atoms. The number of amides is 2. The number of carboxylic acid groups (broad SMARTS) is 2. The van der Waals surface area contributed by atoms with Gasteiger partial charge in [0.15, 0.2) is 0 Å². The predicted octanol–water partition coefficient (Wildman–Crippen LogP) is 1.72. The van der Waals surface area contributed by atoms with E-state index in [1.807, 2.05) is 57.7 Å². The van der Waals surface area contributed by atoms with E-state index in [1.165, 1.54) is 0 Å². The summed E-state index contributed by atoms with van der Waals surface area (Å²) in [7, 11) is 0. The maximum absolute atomic E-state index is 12.9. The zero-order valence-electron chi connectivity index (χ0n) is 24.9. The highest BCUT2D eigenvalue weighted by Crippen LogP contribution is 2.31. The number of hydrogen-bond acceptors (Lipinski definition) is 8. The highest BCUT2D eigenvalue weighted by molar-refractivity contribution is 6.33. The molecule has 2 rings (SSSR count). The Balaban J connectivity index is 0.000000962. The van der Waals surface area contributed by atoms with E-state index >= 15 is 0 Å². The van der Waals surface area contributed by atoms with Crippen LogP contribution in [0.4, 0.5) is 5.69 Å². The highest BCUT2D eigenvalue weighted by Gasteiger charge is 2.40. The smallest absolute Gasteiger partial charge is 0.328 e. The van der Waals surface area contributed by atoms with E-state index in [9.17, 15) is 29.4 Å². The SMILES string of the molecule is CC[C@H](C[C@H](O)[C@@H](N)CN1CC(=O)N(c2ccccc2Cl)CC1(C)C)C(=O)NCC(C)(C)CO.O=C(O)/C=C/C(=O)O. The lowest BCUT2D eigenvalue weighted by Crippen LogP contribution is -2.64. The van der Waals surface area contributed by atoms with Crippen molar-refractivity contribution in [2.75, 3.05) is 37.7 Å². The van der Waals surface area contributed by atoms with Crippen LogP contribution in [0, 0.1) is 11.3 Å². The Morgan fingerprint density at radius 3 is 2.24 bits per heavy atom. The zero-order valence-corrected chi connectivity index (χ0v) is 25.7. The Morgan fingerprint density at radius 2 is 1.74 bits per heavy atom. The van der Waals surface area contributed by atoms with Gasteiger partial charge in [-0.2, -0.15) is 0 Å². The summed E-state index contributed by atoms with van der Waals surface area (Å²) in [6.07, 6.45) is 1.02. The van der Waals surface area contributed by atoms with E-state index in [4.69, 9.17) is 27.5 Å².